The van der Waals surface area contributed by atoms with Gasteiger partial charge in [-0.15, -0.1) is 0 Å². The summed E-state index contributed by atoms with van der Waals surface area (Å²) in [4.78, 5) is 11.4. The number of benzene rings is 2. The zero-order valence-electron chi connectivity index (χ0n) is 12.4. The van der Waals surface area contributed by atoms with Gasteiger partial charge in [0.2, 0.25) is 0 Å². The van der Waals surface area contributed by atoms with Crippen LogP contribution in [0.4, 0.5) is 4.39 Å². The summed E-state index contributed by atoms with van der Waals surface area (Å²) in [5, 5.41) is 0.448. The first-order chi connectivity index (χ1) is 10.5. The van der Waals surface area contributed by atoms with Gasteiger partial charge in [-0.2, -0.15) is 0 Å². The Hall–Kier alpha value is -2.07. The van der Waals surface area contributed by atoms with E-state index in [1.807, 2.05) is 13.0 Å². The zero-order valence-corrected chi connectivity index (χ0v) is 13.1. The maximum atomic E-state index is 14.0. The number of carbonyl (C=O) groups excluding carboxylic acids is 1. The standard InChI is InChI=1S/C17H16ClFO3/c1-3-17(20)22-15-6-4-5-14(19)12(15)10-21-16-8-7-11(2)9-13(16)18/h4-9H,3,10H2,1-2H3. The van der Waals surface area contributed by atoms with Gasteiger partial charge in [0.1, 0.15) is 23.9 Å². The third-order valence-corrected chi connectivity index (χ3v) is 3.34. The van der Waals surface area contributed by atoms with E-state index in [1.165, 1.54) is 18.2 Å². The number of hydrogen-bond donors (Lipinski definition) is 0. The number of hydrogen-bond acceptors (Lipinski definition) is 3. The van der Waals surface area contributed by atoms with Gasteiger partial charge in [0.05, 0.1) is 10.6 Å². The van der Waals surface area contributed by atoms with Crippen LogP contribution in [0.1, 0.15) is 24.5 Å². The van der Waals surface area contributed by atoms with Crippen LogP contribution < -0.4 is 9.47 Å². The van der Waals surface area contributed by atoms with Crippen molar-refractivity contribution in [2.24, 2.45) is 0 Å². The largest absolute Gasteiger partial charge is 0.487 e. The molecular weight excluding hydrogens is 307 g/mol. The molecule has 0 aliphatic carbocycles. The summed E-state index contributed by atoms with van der Waals surface area (Å²) in [5.41, 5.74) is 1.18. The molecule has 2 aromatic rings. The highest BCUT2D eigenvalue weighted by atomic mass is 35.5. The van der Waals surface area contributed by atoms with E-state index in [0.717, 1.165) is 5.56 Å². The fraction of sp³-hybridized carbons (Fsp3) is 0.235. The Morgan fingerprint density at radius 2 is 2.00 bits per heavy atom. The molecule has 2 aromatic carbocycles. The summed E-state index contributed by atoms with van der Waals surface area (Å²) in [6, 6.07) is 9.63. The molecule has 0 spiro atoms. The molecule has 5 heteroatoms. The van der Waals surface area contributed by atoms with Gasteiger partial charge in [0, 0.05) is 6.42 Å². The molecule has 0 saturated carbocycles. The van der Waals surface area contributed by atoms with Crippen molar-refractivity contribution in [3.63, 3.8) is 0 Å². The second-order valence-electron chi connectivity index (χ2n) is 4.77. The maximum absolute atomic E-state index is 14.0. The van der Waals surface area contributed by atoms with Gasteiger partial charge in [-0.3, -0.25) is 4.79 Å². The minimum absolute atomic E-state index is 0.0816. The molecular formula is C17H16ClFO3. The summed E-state index contributed by atoms with van der Waals surface area (Å²) in [6.45, 7) is 3.50. The average molecular weight is 323 g/mol. The van der Waals surface area contributed by atoms with Crippen molar-refractivity contribution in [2.45, 2.75) is 26.9 Å². The van der Waals surface area contributed by atoms with E-state index in [1.54, 1.807) is 19.1 Å². The monoisotopic (exact) mass is 322 g/mol. The normalized spacial score (nSPS) is 10.4. The van der Waals surface area contributed by atoms with Crippen molar-refractivity contribution in [3.05, 3.63) is 58.4 Å². The molecule has 3 nitrogen and oxygen atoms in total. The molecule has 0 fully saturated rings. The molecule has 0 amide bonds. The lowest BCUT2D eigenvalue weighted by molar-refractivity contribution is -0.134. The Morgan fingerprint density at radius 1 is 1.23 bits per heavy atom. The van der Waals surface area contributed by atoms with Gasteiger partial charge in [-0.05, 0) is 36.8 Å². The molecule has 0 radical (unpaired) electrons. The molecule has 0 saturated heterocycles. The molecule has 0 aromatic heterocycles. The van der Waals surface area contributed by atoms with E-state index in [-0.39, 0.29) is 24.3 Å². The van der Waals surface area contributed by atoms with Gasteiger partial charge >= 0.3 is 5.97 Å². The fourth-order valence-corrected chi connectivity index (χ4v) is 2.13. The van der Waals surface area contributed by atoms with Crippen molar-refractivity contribution < 1.29 is 18.7 Å². The first-order valence-corrected chi connectivity index (χ1v) is 7.26. The van der Waals surface area contributed by atoms with Gasteiger partial charge < -0.3 is 9.47 Å². The molecule has 0 N–H and O–H groups in total. The molecule has 0 atom stereocenters. The summed E-state index contributed by atoms with van der Waals surface area (Å²) < 4.78 is 24.6. The molecule has 2 rings (SSSR count). The summed E-state index contributed by atoms with van der Waals surface area (Å²) in [5.74, 6) is -0.316. The van der Waals surface area contributed by atoms with Crippen molar-refractivity contribution >= 4 is 17.6 Å². The highest BCUT2D eigenvalue weighted by Gasteiger charge is 2.14. The number of halogens is 2. The predicted octanol–water partition coefficient (Wildman–Crippen LogP) is 4.68. The minimum atomic E-state index is -0.496. The fourth-order valence-electron chi connectivity index (χ4n) is 1.84. The van der Waals surface area contributed by atoms with Gasteiger partial charge in [0.15, 0.2) is 0 Å². The molecule has 116 valence electrons. The Labute approximate surface area is 133 Å². The summed E-state index contributed by atoms with van der Waals surface area (Å²) >= 11 is 6.08. The lowest BCUT2D eigenvalue weighted by Gasteiger charge is -2.13. The number of rotatable bonds is 5. The van der Waals surface area contributed by atoms with Crippen LogP contribution in [0.25, 0.3) is 0 Å². The number of aryl methyl sites for hydroxylation is 1. The lowest BCUT2D eigenvalue weighted by atomic mass is 10.2. The zero-order chi connectivity index (χ0) is 16.1. The van der Waals surface area contributed by atoms with Crippen molar-refractivity contribution in [1.82, 2.24) is 0 Å². The first-order valence-electron chi connectivity index (χ1n) is 6.88. The Balaban J connectivity index is 2.19. The Morgan fingerprint density at radius 3 is 2.68 bits per heavy atom. The maximum Gasteiger partial charge on any atom is 0.310 e. The van der Waals surface area contributed by atoms with Crippen LogP contribution in [-0.2, 0) is 11.4 Å². The van der Waals surface area contributed by atoms with Crippen LogP contribution in [0, 0.1) is 12.7 Å². The average Bonchev–Trinajstić information content (AvgIpc) is 2.48. The molecule has 0 aliphatic heterocycles. The van der Waals surface area contributed by atoms with Crippen LogP contribution in [0.2, 0.25) is 5.02 Å². The molecule has 0 aliphatic rings. The molecule has 0 heterocycles. The summed E-state index contributed by atoms with van der Waals surface area (Å²) in [7, 11) is 0. The van der Waals surface area contributed by atoms with Crippen LogP contribution in [-0.4, -0.2) is 5.97 Å². The van der Waals surface area contributed by atoms with Crippen molar-refractivity contribution in [2.75, 3.05) is 0 Å². The van der Waals surface area contributed by atoms with Crippen molar-refractivity contribution in [3.8, 4) is 11.5 Å². The van der Waals surface area contributed by atoms with Gasteiger partial charge in [-0.25, -0.2) is 4.39 Å². The second kappa shape index (κ2) is 7.27. The number of esters is 1. The quantitative estimate of drug-likeness (QED) is 0.592. The number of ether oxygens (including phenoxy) is 2. The van der Waals surface area contributed by atoms with E-state index in [0.29, 0.717) is 10.8 Å². The van der Waals surface area contributed by atoms with E-state index < -0.39 is 11.8 Å². The topological polar surface area (TPSA) is 35.5 Å². The summed E-state index contributed by atoms with van der Waals surface area (Å²) in [6.07, 6.45) is 0.209. The molecule has 22 heavy (non-hydrogen) atoms. The molecule has 0 bridgehead atoms. The van der Waals surface area contributed by atoms with Crippen LogP contribution in [0.3, 0.4) is 0 Å². The predicted molar refractivity (Wildman–Crippen MR) is 82.8 cm³/mol. The smallest absolute Gasteiger partial charge is 0.310 e. The van der Waals surface area contributed by atoms with E-state index >= 15 is 0 Å². The Kier molecular flexibility index (Phi) is 5.39. The van der Waals surface area contributed by atoms with Gasteiger partial charge in [-0.1, -0.05) is 30.7 Å². The van der Waals surface area contributed by atoms with Crippen molar-refractivity contribution in [1.29, 1.82) is 0 Å². The molecule has 0 unspecified atom stereocenters. The van der Waals surface area contributed by atoms with Crippen LogP contribution in [0.15, 0.2) is 36.4 Å². The van der Waals surface area contributed by atoms with E-state index in [4.69, 9.17) is 21.1 Å². The first kappa shape index (κ1) is 16.3. The van der Waals surface area contributed by atoms with E-state index in [2.05, 4.69) is 0 Å². The lowest BCUT2D eigenvalue weighted by Crippen LogP contribution is -2.10. The SMILES string of the molecule is CCC(=O)Oc1cccc(F)c1COc1ccc(C)cc1Cl. The van der Waals surface area contributed by atoms with E-state index in [9.17, 15) is 9.18 Å². The third-order valence-electron chi connectivity index (χ3n) is 3.05. The Bertz CT molecular complexity index is 686. The van der Waals surface area contributed by atoms with Gasteiger partial charge in [0.25, 0.3) is 0 Å². The van der Waals surface area contributed by atoms with Crippen LogP contribution in [0.5, 0.6) is 11.5 Å². The minimum Gasteiger partial charge on any atom is -0.487 e. The second-order valence-corrected chi connectivity index (χ2v) is 5.17. The third kappa shape index (κ3) is 3.98. The highest BCUT2D eigenvalue weighted by molar-refractivity contribution is 6.32. The highest BCUT2D eigenvalue weighted by Crippen LogP contribution is 2.28. The van der Waals surface area contributed by atoms with Crippen LogP contribution >= 0.6 is 11.6 Å². The number of carbonyl (C=O) groups is 1.